The molecule has 6 nitrogen and oxygen atoms in total. The summed E-state index contributed by atoms with van der Waals surface area (Å²) >= 11 is 1.57. The molecule has 0 aliphatic rings. The van der Waals surface area contributed by atoms with Crippen LogP contribution in [0, 0.1) is 19.7 Å². The van der Waals surface area contributed by atoms with Gasteiger partial charge in [0.15, 0.2) is 16.6 Å². The number of para-hydroxylation sites is 1. The normalized spacial score (nSPS) is 11.6. The fraction of sp³-hybridized carbons (Fsp3) is 0.217. The molecular formula is C23H21FN6S. The smallest absolute Gasteiger partial charge is 0.191 e. The molecule has 5 aromatic rings. The lowest BCUT2D eigenvalue weighted by molar-refractivity contribution is 0.580. The molecule has 0 aliphatic carbocycles. The lowest BCUT2D eigenvalue weighted by Gasteiger charge is -2.06. The summed E-state index contributed by atoms with van der Waals surface area (Å²) in [5, 5.41) is 11.0. The van der Waals surface area contributed by atoms with Gasteiger partial charge >= 0.3 is 0 Å². The highest BCUT2D eigenvalue weighted by atomic mass is 32.2. The van der Waals surface area contributed by atoms with Crippen LogP contribution in [-0.2, 0) is 18.7 Å². The third-order valence-corrected chi connectivity index (χ3v) is 6.13. The first kappa shape index (κ1) is 19.7. The second-order valence-corrected chi connectivity index (χ2v) is 8.43. The highest BCUT2D eigenvalue weighted by molar-refractivity contribution is 7.98. The Morgan fingerprint density at radius 2 is 1.77 bits per heavy atom. The van der Waals surface area contributed by atoms with Crippen molar-refractivity contribution in [3.63, 3.8) is 0 Å². The monoisotopic (exact) mass is 432 g/mol. The number of hydrogen-bond acceptors (Lipinski definition) is 5. The van der Waals surface area contributed by atoms with Crippen LogP contribution in [0.3, 0.4) is 0 Å². The summed E-state index contributed by atoms with van der Waals surface area (Å²) < 4.78 is 17.0. The van der Waals surface area contributed by atoms with E-state index in [1.165, 1.54) is 12.1 Å². The average molecular weight is 433 g/mol. The van der Waals surface area contributed by atoms with E-state index in [9.17, 15) is 4.39 Å². The van der Waals surface area contributed by atoms with Crippen molar-refractivity contribution >= 4 is 28.3 Å². The van der Waals surface area contributed by atoms with Crippen molar-refractivity contribution in [1.82, 2.24) is 29.4 Å². The van der Waals surface area contributed by atoms with Crippen LogP contribution in [0.15, 0.2) is 59.8 Å². The summed E-state index contributed by atoms with van der Waals surface area (Å²) in [5.74, 6) is 1.19. The SMILES string of the molecule is Cc1cc(C)n(CCc2nc3c4ccccc4nc(SCc4ccc(F)cc4)n3n2)n1. The van der Waals surface area contributed by atoms with Crippen LogP contribution in [0.2, 0.25) is 0 Å². The van der Waals surface area contributed by atoms with Crippen LogP contribution in [0.5, 0.6) is 0 Å². The summed E-state index contributed by atoms with van der Waals surface area (Å²) in [6.45, 7) is 4.77. The van der Waals surface area contributed by atoms with Crippen molar-refractivity contribution < 1.29 is 4.39 Å². The van der Waals surface area contributed by atoms with Crippen molar-refractivity contribution in [2.24, 2.45) is 0 Å². The number of rotatable bonds is 6. The molecule has 0 unspecified atom stereocenters. The van der Waals surface area contributed by atoms with Crippen LogP contribution in [-0.4, -0.2) is 29.4 Å². The fourth-order valence-electron chi connectivity index (χ4n) is 3.61. The molecule has 0 aliphatic heterocycles. The molecule has 8 heteroatoms. The molecule has 0 atom stereocenters. The second kappa shape index (κ2) is 8.11. The molecule has 3 aromatic heterocycles. The lowest BCUT2D eigenvalue weighted by atomic mass is 10.2. The Bertz CT molecular complexity index is 1370. The minimum absolute atomic E-state index is 0.233. The molecule has 0 saturated heterocycles. The number of aromatic nitrogens is 6. The van der Waals surface area contributed by atoms with E-state index in [2.05, 4.69) is 18.1 Å². The van der Waals surface area contributed by atoms with Crippen molar-refractivity contribution in [1.29, 1.82) is 0 Å². The maximum atomic E-state index is 13.2. The van der Waals surface area contributed by atoms with Gasteiger partial charge in [-0.1, -0.05) is 36.0 Å². The van der Waals surface area contributed by atoms with E-state index in [1.54, 1.807) is 23.9 Å². The van der Waals surface area contributed by atoms with Crippen LogP contribution in [0.1, 0.15) is 22.8 Å². The molecule has 3 heterocycles. The van der Waals surface area contributed by atoms with E-state index in [1.807, 2.05) is 40.4 Å². The highest BCUT2D eigenvalue weighted by Gasteiger charge is 2.14. The quantitative estimate of drug-likeness (QED) is 0.286. The molecule has 0 saturated carbocycles. The van der Waals surface area contributed by atoms with E-state index in [0.29, 0.717) is 12.2 Å². The largest absolute Gasteiger partial charge is 0.269 e. The Labute approximate surface area is 183 Å². The van der Waals surface area contributed by atoms with Gasteiger partial charge in [0.1, 0.15) is 5.82 Å². The minimum atomic E-state index is -0.233. The number of aryl methyl sites for hydroxylation is 4. The van der Waals surface area contributed by atoms with Gasteiger partial charge in [0.2, 0.25) is 0 Å². The summed E-state index contributed by atoms with van der Waals surface area (Å²) in [6, 6.07) is 16.6. The van der Waals surface area contributed by atoms with Crippen molar-refractivity contribution in [3.05, 3.63) is 83.2 Å². The van der Waals surface area contributed by atoms with Crippen LogP contribution >= 0.6 is 11.8 Å². The van der Waals surface area contributed by atoms with Gasteiger partial charge in [0.25, 0.3) is 0 Å². The van der Waals surface area contributed by atoms with Gasteiger partial charge in [-0.2, -0.15) is 9.61 Å². The topological polar surface area (TPSA) is 60.9 Å². The maximum absolute atomic E-state index is 13.2. The van der Waals surface area contributed by atoms with Crippen molar-refractivity contribution in [2.45, 2.75) is 37.7 Å². The summed E-state index contributed by atoms with van der Waals surface area (Å²) in [4.78, 5) is 9.64. The van der Waals surface area contributed by atoms with Crippen LogP contribution in [0.25, 0.3) is 16.6 Å². The Kier molecular flexibility index (Phi) is 5.15. The molecular weight excluding hydrogens is 411 g/mol. The first-order valence-corrected chi connectivity index (χ1v) is 11.1. The summed E-state index contributed by atoms with van der Waals surface area (Å²) in [5.41, 5.74) is 4.85. The van der Waals surface area contributed by atoms with E-state index in [-0.39, 0.29) is 5.82 Å². The first-order chi connectivity index (χ1) is 15.1. The van der Waals surface area contributed by atoms with Crippen molar-refractivity contribution in [2.75, 3.05) is 0 Å². The number of hydrogen-bond donors (Lipinski definition) is 0. The number of thioether (sulfide) groups is 1. The molecule has 0 spiro atoms. The van der Waals surface area contributed by atoms with Crippen LogP contribution < -0.4 is 0 Å². The van der Waals surface area contributed by atoms with Crippen molar-refractivity contribution in [3.8, 4) is 0 Å². The molecule has 0 bridgehead atoms. The van der Waals surface area contributed by atoms with Gasteiger partial charge in [-0.25, -0.2) is 14.4 Å². The fourth-order valence-corrected chi connectivity index (χ4v) is 4.51. The molecule has 2 aromatic carbocycles. The number of fused-ring (bicyclic) bond motifs is 3. The van der Waals surface area contributed by atoms with E-state index in [4.69, 9.17) is 15.1 Å². The minimum Gasteiger partial charge on any atom is -0.269 e. The molecule has 0 radical (unpaired) electrons. The van der Waals surface area contributed by atoms with E-state index in [0.717, 1.165) is 51.0 Å². The molecule has 5 rings (SSSR count). The Morgan fingerprint density at radius 3 is 2.55 bits per heavy atom. The van der Waals surface area contributed by atoms with E-state index >= 15 is 0 Å². The third-order valence-electron chi connectivity index (χ3n) is 5.13. The van der Waals surface area contributed by atoms with Gasteiger partial charge in [-0.3, -0.25) is 4.68 Å². The molecule has 156 valence electrons. The maximum Gasteiger partial charge on any atom is 0.191 e. The molecule has 0 fully saturated rings. The Morgan fingerprint density at radius 1 is 0.968 bits per heavy atom. The zero-order chi connectivity index (χ0) is 21.4. The number of halogens is 1. The summed E-state index contributed by atoms with van der Waals surface area (Å²) in [7, 11) is 0. The Balaban J connectivity index is 1.48. The average Bonchev–Trinajstić information content (AvgIpc) is 3.34. The zero-order valence-corrected chi connectivity index (χ0v) is 18.1. The van der Waals surface area contributed by atoms with Crippen LogP contribution in [0.4, 0.5) is 4.39 Å². The predicted octanol–water partition coefficient (Wildman–Crippen LogP) is 4.76. The Hall–Kier alpha value is -3.26. The summed E-state index contributed by atoms with van der Waals surface area (Å²) in [6.07, 6.45) is 0.681. The lowest BCUT2D eigenvalue weighted by Crippen LogP contribution is -2.06. The third kappa shape index (κ3) is 4.03. The van der Waals surface area contributed by atoms with Gasteiger partial charge in [0, 0.05) is 29.8 Å². The molecule has 31 heavy (non-hydrogen) atoms. The van der Waals surface area contributed by atoms with E-state index < -0.39 is 0 Å². The van der Waals surface area contributed by atoms with Gasteiger partial charge in [-0.05, 0) is 49.7 Å². The van der Waals surface area contributed by atoms with Gasteiger partial charge < -0.3 is 0 Å². The predicted molar refractivity (Wildman–Crippen MR) is 120 cm³/mol. The number of nitrogens with zero attached hydrogens (tertiary/aromatic N) is 6. The standard InChI is InChI=1S/C23H21FN6S/c1-15-13-16(2)29(27-15)12-11-21-26-22-19-5-3-4-6-20(19)25-23(30(22)28-21)31-14-17-7-9-18(24)10-8-17/h3-10,13H,11-12,14H2,1-2H3. The highest BCUT2D eigenvalue weighted by Crippen LogP contribution is 2.26. The molecule has 0 amide bonds. The molecule has 0 N–H and O–H groups in total. The number of benzene rings is 2. The van der Waals surface area contributed by atoms with Gasteiger partial charge in [0.05, 0.1) is 11.2 Å². The second-order valence-electron chi connectivity index (χ2n) is 7.49. The van der Waals surface area contributed by atoms with Gasteiger partial charge in [-0.15, -0.1) is 5.10 Å². The zero-order valence-electron chi connectivity index (χ0n) is 17.3. The first-order valence-electron chi connectivity index (χ1n) is 10.1.